The van der Waals surface area contributed by atoms with Gasteiger partial charge in [0.1, 0.15) is 5.82 Å². The topological polar surface area (TPSA) is 84.6 Å². The van der Waals surface area contributed by atoms with E-state index < -0.39 is 5.60 Å². The van der Waals surface area contributed by atoms with Crippen molar-refractivity contribution < 1.29 is 9.53 Å². The van der Waals surface area contributed by atoms with Gasteiger partial charge < -0.3 is 20.3 Å². The standard InChI is InChI=1S/C14H21N5O2/c1-9(2)10-6-11(17-12(15)16-10)19-5-4-14(8-19)7-18(3)13(20)21-14/h6,9H,4-5,7-8H2,1-3H3,(H2,15,16,17). The average molecular weight is 291 g/mol. The third kappa shape index (κ3) is 2.48. The molecule has 0 aromatic carbocycles. The zero-order valence-corrected chi connectivity index (χ0v) is 12.7. The molecule has 1 atom stereocenters. The molecular weight excluding hydrogens is 270 g/mol. The minimum atomic E-state index is -0.413. The third-order valence-corrected chi connectivity index (χ3v) is 4.12. The van der Waals surface area contributed by atoms with Gasteiger partial charge in [-0.3, -0.25) is 0 Å². The normalized spacial score (nSPS) is 25.2. The van der Waals surface area contributed by atoms with E-state index in [1.165, 1.54) is 0 Å². The first-order chi connectivity index (χ1) is 9.88. The van der Waals surface area contributed by atoms with Crippen molar-refractivity contribution in [3.05, 3.63) is 11.8 Å². The number of hydrogen-bond acceptors (Lipinski definition) is 6. The summed E-state index contributed by atoms with van der Waals surface area (Å²) < 4.78 is 5.55. The molecule has 7 nitrogen and oxygen atoms in total. The van der Waals surface area contributed by atoms with E-state index in [1.807, 2.05) is 6.07 Å². The first kappa shape index (κ1) is 13.9. The summed E-state index contributed by atoms with van der Waals surface area (Å²) in [5.74, 6) is 1.40. The molecule has 2 aliphatic heterocycles. The van der Waals surface area contributed by atoms with Crippen LogP contribution < -0.4 is 10.6 Å². The number of rotatable bonds is 2. The Morgan fingerprint density at radius 3 is 2.76 bits per heavy atom. The summed E-state index contributed by atoms with van der Waals surface area (Å²) in [6.07, 6.45) is 0.561. The van der Waals surface area contributed by atoms with Gasteiger partial charge in [0.2, 0.25) is 5.95 Å². The molecule has 3 heterocycles. The van der Waals surface area contributed by atoms with Crippen molar-refractivity contribution in [3.8, 4) is 0 Å². The fourth-order valence-electron chi connectivity index (χ4n) is 2.97. The first-order valence-corrected chi connectivity index (χ1v) is 7.22. The second kappa shape index (κ2) is 4.75. The van der Waals surface area contributed by atoms with Crippen LogP contribution in [0.3, 0.4) is 0 Å². The molecule has 0 aliphatic carbocycles. The summed E-state index contributed by atoms with van der Waals surface area (Å²) in [4.78, 5) is 24.0. The number of carbonyl (C=O) groups excluding carboxylic acids is 1. The molecule has 1 amide bonds. The maximum atomic E-state index is 11.6. The van der Waals surface area contributed by atoms with Gasteiger partial charge in [0, 0.05) is 26.1 Å². The first-order valence-electron chi connectivity index (χ1n) is 7.22. The molecule has 0 radical (unpaired) electrons. The van der Waals surface area contributed by atoms with Crippen LogP contribution in [0, 0.1) is 0 Å². The minimum absolute atomic E-state index is 0.248. The molecule has 7 heteroatoms. The van der Waals surface area contributed by atoms with Gasteiger partial charge in [-0.05, 0) is 5.92 Å². The summed E-state index contributed by atoms with van der Waals surface area (Å²) >= 11 is 0. The highest BCUT2D eigenvalue weighted by atomic mass is 16.6. The fourth-order valence-corrected chi connectivity index (χ4v) is 2.97. The van der Waals surface area contributed by atoms with Gasteiger partial charge in [0.15, 0.2) is 5.60 Å². The quantitative estimate of drug-likeness (QED) is 0.881. The van der Waals surface area contributed by atoms with Crippen molar-refractivity contribution in [1.29, 1.82) is 0 Å². The highest BCUT2D eigenvalue weighted by Gasteiger charge is 2.48. The van der Waals surface area contributed by atoms with Crippen LogP contribution in [0.1, 0.15) is 31.9 Å². The van der Waals surface area contributed by atoms with Gasteiger partial charge in [-0.1, -0.05) is 13.8 Å². The Bertz CT molecular complexity index is 576. The van der Waals surface area contributed by atoms with Gasteiger partial charge >= 0.3 is 6.09 Å². The molecule has 21 heavy (non-hydrogen) atoms. The molecule has 1 spiro atoms. The highest BCUT2D eigenvalue weighted by Crippen LogP contribution is 2.34. The van der Waals surface area contributed by atoms with Crippen molar-refractivity contribution in [1.82, 2.24) is 14.9 Å². The van der Waals surface area contributed by atoms with Crippen molar-refractivity contribution in [3.63, 3.8) is 0 Å². The van der Waals surface area contributed by atoms with Crippen LogP contribution >= 0.6 is 0 Å². The molecule has 1 aromatic rings. The predicted molar refractivity (Wildman–Crippen MR) is 79.2 cm³/mol. The zero-order valence-electron chi connectivity index (χ0n) is 12.7. The van der Waals surface area contributed by atoms with E-state index in [2.05, 4.69) is 28.7 Å². The molecule has 0 bridgehead atoms. The Morgan fingerprint density at radius 2 is 2.14 bits per heavy atom. The second-order valence-corrected chi connectivity index (χ2v) is 6.24. The van der Waals surface area contributed by atoms with Crippen LogP contribution in [-0.2, 0) is 4.74 Å². The molecule has 2 N–H and O–H groups in total. The van der Waals surface area contributed by atoms with E-state index in [0.29, 0.717) is 19.0 Å². The molecule has 1 unspecified atom stereocenters. The maximum Gasteiger partial charge on any atom is 0.410 e. The Balaban J connectivity index is 1.82. The van der Waals surface area contributed by atoms with Gasteiger partial charge in [-0.2, -0.15) is 4.98 Å². The number of likely N-dealkylation sites (N-methyl/N-ethyl adjacent to an activating group) is 1. The van der Waals surface area contributed by atoms with Crippen LogP contribution in [0.2, 0.25) is 0 Å². The highest BCUT2D eigenvalue weighted by molar-refractivity contribution is 5.70. The smallest absolute Gasteiger partial charge is 0.410 e. The van der Waals surface area contributed by atoms with Gasteiger partial charge in [-0.25, -0.2) is 9.78 Å². The largest absolute Gasteiger partial charge is 0.439 e. The molecule has 2 fully saturated rings. The fraction of sp³-hybridized carbons (Fsp3) is 0.643. The minimum Gasteiger partial charge on any atom is -0.439 e. The monoisotopic (exact) mass is 291 g/mol. The molecule has 0 saturated carbocycles. The van der Waals surface area contributed by atoms with E-state index in [9.17, 15) is 4.79 Å². The predicted octanol–water partition coefficient (Wildman–Crippen LogP) is 1.21. The Labute approximate surface area is 124 Å². The summed E-state index contributed by atoms with van der Waals surface area (Å²) in [6, 6.07) is 1.97. The number of ether oxygens (including phenoxy) is 1. The lowest BCUT2D eigenvalue weighted by molar-refractivity contribution is 0.0741. The van der Waals surface area contributed by atoms with Crippen molar-refractivity contribution >= 4 is 17.9 Å². The zero-order chi connectivity index (χ0) is 15.2. The van der Waals surface area contributed by atoms with Crippen LogP contribution in [0.25, 0.3) is 0 Å². The summed E-state index contributed by atoms with van der Waals surface area (Å²) in [7, 11) is 1.76. The van der Waals surface area contributed by atoms with Crippen LogP contribution in [0.5, 0.6) is 0 Å². The SMILES string of the molecule is CC(C)c1cc(N2CCC3(CN(C)C(=O)O3)C2)nc(N)n1. The molecule has 2 aliphatic rings. The van der Waals surface area contributed by atoms with Crippen molar-refractivity contribution in [2.24, 2.45) is 0 Å². The lowest BCUT2D eigenvalue weighted by Gasteiger charge is -2.23. The average Bonchev–Trinajstić information content (AvgIpc) is 2.93. The molecular formula is C14H21N5O2. The lowest BCUT2D eigenvalue weighted by atomic mass is 10.0. The number of anilines is 2. The molecule has 3 rings (SSSR count). The molecule has 1 aromatic heterocycles. The summed E-state index contributed by atoms with van der Waals surface area (Å²) in [6.45, 7) is 6.22. The number of nitrogens with two attached hydrogens (primary N) is 1. The number of carbonyl (C=O) groups is 1. The van der Waals surface area contributed by atoms with Crippen molar-refractivity contribution in [2.45, 2.75) is 31.8 Å². The van der Waals surface area contributed by atoms with Gasteiger partial charge in [0.25, 0.3) is 0 Å². The maximum absolute atomic E-state index is 11.6. The number of nitrogens with zero attached hydrogens (tertiary/aromatic N) is 4. The second-order valence-electron chi connectivity index (χ2n) is 6.24. The number of hydrogen-bond donors (Lipinski definition) is 1. The number of aromatic nitrogens is 2. The molecule has 2 saturated heterocycles. The van der Waals surface area contributed by atoms with Crippen LogP contribution in [-0.4, -0.2) is 53.2 Å². The number of amides is 1. The van der Waals surface area contributed by atoms with E-state index in [1.54, 1.807) is 11.9 Å². The van der Waals surface area contributed by atoms with Crippen LogP contribution in [0.4, 0.5) is 16.6 Å². The summed E-state index contributed by atoms with van der Waals surface area (Å²) in [5, 5.41) is 0. The Kier molecular flexibility index (Phi) is 3.15. The van der Waals surface area contributed by atoms with Crippen molar-refractivity contribution in [2.75, 3.05) is 37.3 Å². The Morgan fingerprint density at radius 1 is 1.38 bits per heavy atom. The number of nitrogen functional groups attached to an aromatic ring is 1. The van der Waals surface area contributed by atoms with Crippen LogP contribution in [0.15, 0.2) is 6.07 Å². The van der Waals surface area contributed by atoms with E-state index >= 15 is 0 Å². The third-order valence-electron chi connectivity index (χ3n) is 4.12. The summed E-state index contributed by atoms with van der Waals surface area (Å²) in [5.41, 5.74) is 6.33. The van der Waals surface area contributed by atoms with E-state index in [0.717, 1.165) is 24.5 Å². The Hall–Kier alpha value is -2.05. The molecule has 114 valence electrons. The van der Waals surface area contributed by atoms with E-state index in [4.69, 9.17) is 10.5 Å². The van der Waals surface area contributed by atoms with Gasteiger partial charge in [0.05, 0.1) is 18.8 Å². The lowest BCUT2D eigenvalue weighted by Crippen LogP contribution is -2.37. The van der Waals surface area contributed by atoms with Gasteiger partial charge in [-0.15, -0.1) is 0 Å². The van der Waals surface area contributed by atoms with E-state index in [-0.39, 0.29) is 12.0 Å².